The van der Waals surface area contributed by atoms with E-state index in [9.17, 15) is 9.59 Å². The molecular weight excluding hydrogens is 204 g/mol. The smallest absolute Gasteiger partial charge is 0.248 e. The third kappa shape index (κ3) is 2.04. The third-order valence-corrected chi connectivity index (χ3v) is 3.18. The molecule has 0 radical (unpaired) electrons. The molecule has 0 saturated carbocycles. The number of rotatable bonds is 3. The van der Waals surface area contributed by atoms with Crippen molar-refractivity contribution in [2.75, 3.05) is 6.54 Å². The second-order valence-electron chi connectivity index (χ2n) is 4.30. The summed E-state index contributed by atoms with van der Waals surface area (Å²) in [5.41, 5.74) is -0.780. The fourth-order valence-electron chi connectivity index (χ4n) is 1.78. The average molecular weight is 222 g/mol. The Hall–Kier alpha value is -1.50. The lowest BCUT2D eigenvalue weighted by Gasteiger charge is -2.42. The first-order chi connectivity index (χ1) is 7.46. The molecule has 88 valence electrons. The molecule has 0 aliphatic carbocycles. The molecule has 0 bridgehead atoms. The van der Waals surface area contributed by atoms with Crippen LogP contribution in [0, 0.1) is 12.3 Å². The van der Waals surface area contributed by atoms with Gasteiger partial charge in [-0.2, -0.15) is 0 Å². The molecule has 1 aliphatic rings. The molecule has 2 amide bonds. The summed E-state index contributed by atoms with van der Waals surface area (Å²) in [6, 6.07) is -0.430. The van der Waals surface area contributed by atoms with Crippen molar-refractivity contribution < 1.29 is 9.59 Å². The summed E-state index contributed by atoms with van der Waals surface area (Å²) in [6.45, 7) is 5.80. The normalized spacial score (nSPS) is 29.9. The van der Waals surface area contributed by atoms with Gasteiger partial charge in [0.25, 0.3) is 0 Å². The second-order valence-corrected chi connectivity index (χ2v) is 4.30. The second kappa shape index (κ2) is 4.56. The highest BCUT2D eigenvalue weighted by molar-refractivity contribution is 5.99. The van der Waals surface area contributed by atoms with Crippen LogP contribution in [0.1, 0.15) is 33.6 Å². The molecule has 1 rings (SSSR count). The Bertz CT molecular complexity index is 345. The van der Waals surface area contributed by atoms with E-state index in [0.29, 0.717) is 19.4 Å². The van der Waals surface area contributed by atoms with Gasteiger partial charge in [-0.3, -0.25) is 9.59 Å². The standard InChI is InChI=1S/C12H18N2O2/c1-5-7-8-14-9(3)10(15)13-12(4,6-2)11(14)16/h1,9H,6-8H2,2-4H3,(H,13,15). The van der Waals surface area contributed by atoms with Crippen molar-refractivity contribution in [1.82, 2.24) is 10.2 Å². The van der Waals surface area contributed by atoms with Crippen LogP contribution < -0.4 is 5.32 Å². The monoisotopic (exact) mass is 222 g/mol. The van der Waals surface area contributed by atoms with Gasteiger partial charge in [0.15, 0.2) is 0 Å². The van der Waals surface area contributed by atoms with Crippen LogP contribution >= 0.6 is 0 Å². The average Bonchev–Trinajstić information content (AvgIpc) is 2.27. The van der Waals surface area contributed by atoms with Crippen molar-refractivity contribution in [3.8, 4) is 12.3 Å². The van der Waals surface area contributed by atoms with E-state index in [1.54, 1.807) is 18.7 Å². The summed E-state index contributed by atoms with van der Waals surface area (Å²) >= 11 is 0. The van der Waals surface area contributed by atoms with Crippen LogP contribution in [0.3, 0.4) is 0 Å². The van der Waals surface area contributed by atoms with E-state index in [-0.39, 0.29) is 11.8 Å². The lowest BCUT2D eigenvalue weighted by molar-refractivity contribution is -0.153. The predicted octanol–water partition coefficient (Wildman–Crippen LogP) is 0.525. The van der Waals surface area contributed by atoms with Gasteiger partial charge in [0.1, 0.15) is 11.6 Å². The van der Waals surface area contributed by atoms with E-state index < -0.39 is 11.6 Å². The Morgan fingerprint density at radius 3 is 2.69 bits per heavy atom. The van der Waals surface area contributed by atoms with Gasteiger partial charge in [-0.05, 0) is 20.3 Å². The molecule has 1 saturated heterocycles. The molecule has 4 nitrogen and oxygen atoms in total. The zero-order valence-corrected chi connectivity index (χ0v) is 10.0. The first kappa shape index (κ1) is 12.6. The minimum Gasteiger partial charge on any atom is -0.340 e. The molecule has 0 spiro atoms. The predicted molar refractivity (Wildman–Crippen MR) is 61.5 cm³/mol. The van der Waals surface area contributed by atoms with E-state index >= 15 is 0 Å². The number of terminal acetylenes is 1. The molecule has 16 heavy (non-hydrogen) atoms. The zero-order valence-electron chi connectivity index (χ0n) is 10.0. The van der Waals surface area contributed by atoms with Crippen LogP contribution in [0.2, 0.25) is 0 Å². The lowest BCUT2D eigenvalue weighted by Crippen LogP contribution is -2.68. The molecule has 0 aromatic carbocycles. The van der Waals surface area contributed by atoms with Crippen molar-refractivity contribution in [3.05, 3.63) is 0 Å². The Kier molecular flexibility index (Phi) is 3.58. The Labute approximate surface area is 96.4 Å². The van der Waals surface area contributed by atoms with E-state index in [2.05, 4.69) is 11.2 Å². The van der Waals surface area contributed by atoms with Gasteiger partial charge in [0.05, 0.1) is 0 Å². The van der Waals surface area contributed by atoms with Gasteiger partial charge in [-0.25, -0.2) is 0 Å². The van der Waals surface area contributed by atoms with Gasteiger partial charge in [-0.1, -0.05) is 6.92 Å². The number of piperazine rings is 1. The van der Waals surface area contributed by atoms with Crippen LogP contribution in [-0.4, -0.2) is 34.8 Å². The fraction of sp³-hybridized carbons (Fsp3) is 0.667. The number of amides is 2. The first-order valence-corrected chi connectivity index (χ1v) is 5.53. The Morgan fingerprint density at radius 1 is 1.56 bits per heavy atom. The maximum absolute atomic E-state index is 12.2. The van der Waals surface area contributed by atoms with Gasteiger partial charge in [0.2, 0.25) is 11.8 Å². The minimum absolute atomic E-state index is 0.0441. The van der Waals surface area contributed by atoms with Gasteiger partial charge in [0, 0.05) is 13.0 Å². The highest BCUT2D eigenvalue weighted by Gasteiger charge is 2.44. The van der Waals surface area contributed by atoms with E-state index in [1.807, 2.05) is 6.92 Å². The van der Waals surface area contributed by atoms with Crippen LogP contribution in [0.5, 0.6) is 0 Å². The summed E-state index contributed by atoms with van der Waals surface area (Å²) in [5, 5.41) is 2.77. The molecule has 0 aromatic rings. The van der Waals surface area contributed by atoms with E-state index in [0.717, 1.165) is 0 Å². The van der Waals surface area contributed by atoms with Crippen LogP contribution in [0.15, 0.2) is 0 Å². The molecule has 1 fully saturated rings. The summed E-state index contributed by atoms with van der Waals surface area (Å²) in [5.74, 6) is 2.34. The van der Waals surface area contributed by atoms with Crippen LogP contribution in [0.4, 0.5) is 0 Å². The lowest BCUT2D eigenvalue weighted by atomic mass is 9.92. The van der Waals surface area contributed by atoms with Gasteiger partial charge in [-0.15, -0.1) is 12.3 Å². The van der Waals surface area contributed by atoms with Crippen LogP contribution in [0.25, 0.3) is 0 Å². The summed E-state index contributed by atoms with van der Waals surface area (Å²) in [7, 11) is 0. The number of hydrogen-bond acceptors (Lipinski definition) is 2. The van der Waals surface area contributed by atoms with Crippen molar-refractivity contribution >= 4 is 11.8 Å². The van der Waals surface area contributed by atoms with Crippen molar-refractivity contribution in [2.24, 2.45) is 0 Å². The van der Waals surface area contributed by atoms with Crippen molar-refractivity contribution in [2.45, 2.75) is 45.2 Å². The summed E-state index contributed by atoms with van der Waals surface area (Å²) < 4.78 is 0. The molecule has 1 aliphatic heterocycles. The minimum atomic E-state index is -0.780. The molecule has 0 aromatic heterocycles. The largest absolute Gasteiger partial charge is 0.340 e. The quantitative estimate of drug-likeness (QED) is 0.708. The topological polar surface area (TPSA) is 49.4 Å². The maximum Gasteiger partial charge on any atom is 0.248 e. The van der Waals surface area contributed by atoms with Crippen molar-refractivity contribution in [1.29, 1.82) is 0 Å². The maximum atomic E-state index is 12.2. The molecule has 4 heteroatoms. The molecule has 1 N–H and O–H groups in total. The number of hydrogen-bond donors (Lipinski definition) is 1. The Balaban J connectivity index is 2.91. The highest BCUT2D eigenvalue weighted by atomic mass is 16.2. The third-order valence-electron chi connectivity index (χ3n) is 3.18. The molecule has 2 unspecified atom stereocenters. The van der Waals surface area contributed by atoms with E-state index in [1.165, 1.54) is 0 Å². The molecule has 2 atom stereocenters. The van der Waals surface area contributed by atoms with Gasteiger partial charge < -0.3 is 10.2 Å². The molecule has 1 heterocycles. The van der Waals surface area contributed by atoms with Crippen molar-refractivity contribution in [3.63, 3.8) is 0 Å². The summed E-state index contributed by atoms with van der Waals surface area (Å²) in [6.07, 6.45) is 6.24. The SMILES string of the molecule is C#CCCN1C(=O)C(C)(CC)NC(=O)C1C. The number of nitrogens with one attached hydrogen (secondary N) is 1. The number of carbonyl (C=O) groups excluding carboxylic acids is 2. The Morgan fingerprint density at radius 2 is 2.19 bits per heavy atom. The van der Waals surface area contributed by atoms with Crippen LogP contribution in [-0.2, 0) is 9.59 Å². The fourth-order valence-corrected chi connectivity index (χ4v) is 1.78. The van der Waals surface area contributed by atoms with Gasteiger partial charge >= 0.3 is 0 Å². The number of nitrogens with zero attached hydrogens (tertiary/aromatic N) is 1. The van der Waals surface area contributed by atoms with E-state index in [4.69, 9.17) is 6.42 Å². The molecular formula is C12H18N2O2. The number of carbonyl (C=O) groups is 2. The highest BCUT2D eigenvalue weighted by Crippen LogP contribution is 2.21. The summed E-state index contributed by atoms with van der Waals surface area (Å²) in [4.78, 5) is 25.5. The zero-order chi connectivity index (χ0) is 12.3. The first-order valence-electron chi connectivity index (χ1n) is 5.53.